The van der Waals surface area contributed by atoms with Gasteiger partial charge in [0.05, 0.1) is 12.0 Å². The fourth-order valence-corrected chi connectivity index (χ4v) is 4.43. The molecule has 0 fully saturated rings. The third-order valence-electron chi connectivity index (χ3n) is 6.66. The molecule has 0 saturated carbocycles. The first kappa shape index (κ1) is 26.9. The van der Waals surface area contributed by atoms with Crippen molar-refractivity contribution in [3.8, 4) is 0 Å². The van der Waals surface area contributed by atoms with Crippen molar-refractivity contribution >= 4 is 51.3 Å². The quantitative estimate of drug-likeness (QED) is 0.288. The van der Waals surface area contributed by atoms with Crippen LogP contribution in [0.2, 0.25) is 5.02 Å². The van der Waals surface area contributed by atoms with Gasteiger partial charge in [0.2, 0.25) is 11.8 Å². The zero-order valence-corrected chi connectivity index (χ0v) is 22.1. The van der Waals surface area contributed by atoms with Gasteiger partial charge in [-0.2, -0.15) is 0 Å². The molecule has 0 aliphatic heterocycles. The topological polar surface area (TPSA) is 139 Å². The van der Waals surface area contributed by atoms with Crippen molar-refractivity contribution in [2.45, 2.75) is 52.6 Å². The van der Waals surface area contributed by atoms with Crippen molar-refractivity contribution < 1.29 is 28.3 Å². The average Bonchev–Trinajstić information content (AvgIpc) is 3.13. The second-order valence-corrected chi connectivity index (χ2v) is 9.75. The summed E-state index contributed by atoms with van der Waals surface area (Å²) in [5.74, 6) is -1.70. The molecule has 2 aromatic heterocycles. The van der Waals surface area contributed by atoms with Crippen LogP contribution in [0, 0.1) is 20.8 Å². The molecule has 4 rings (SSSR count). The van der Waals surface area contributed by atoms with Gasteiger partial charge in [0.15, 0.2) is 0 Å². The SMILES string of the molecule is Cc1oc2cc3oc(=O)c(CC(=O)N[C@@H](C)C(=O)N[C@@H](Cc4ccc(Cl)cc4)C(=O)O)c(C)c3cc2c1C. The van der Waals surface area contributed by atoms with Crippen molar-refractivity contribution in [1.82, 2.24) is 10.6 Å². The number of benzene rings is 2. The van der Waals surface area contributed by atoms with Crippen LogP contribution < -0.4 is 16.3 Å². The number of nitrogens with one attached hydrogen (secondary N) is 2. The molecule has 198 valence electrons. The van der Waals surface area contributed by atoms with E-state index in [1.54, 1.807) is 37.3 Å². The number of halogens is 1. The molecule has 0 aliphatic carbocycles. The predicted molar refractivity (Wildman–Crippen MR) is 142 cm³/mol. The van der Waals surface area contributed by atoms with Crippen LogP contribution in [0.1, 0.15) is 34.9 Å². The van der Waals surface area contributed by atoms with Crippen LogP contribution >= 0.6 is 11.6 Å². The molecule has 38 heavy (non-hydrogen) atoms. The molecule has 2 heterocycles. The van der Waals surface area contributed by atoms with E-state index in [1.165, 1.54) is 6.92 Å². The highest BCUT2D eigenvalue weighted by Gasteiger charge is 2.25. The third-order valence-corrected chi connectivity index (χ3v) is 6.91. The summed E-state index contributed by atoms with van der Waals surface area (Å²) in [6.07, 6.45) is -0.268. The Bertz CT molecular complexity index is 1620. The number of hydrogen-bond acceptors (Lipinski definition) is 6. The third kappa shape index (κ3) is 5.57. The molecule has 2 atom stereocenters. The lowest BCUT2D eigenvalue weighted by atomic mass is 10.0. The van der Waals surface area contributed by atoms with Gasteiger partial charge < -0.3 is 24.6 Å². The zero-order valence-electron chi connectivity index (χ0n) is 21.3. The van der Waals surface area contributed by atoms with Crippen molar-refractivity contribution in [3.63, 3.8) is 0 Å². The molecule has 0 unspecified atom stereocenters. The summed E-state index contributed by atoms with van der Waals surface area (Å²) < 4.78 is 11.2. The molecule has 0 bridgehead atoms. The second-order valence-electron chi connectivity index (χ2n) is 9.32. The van der Waals surface area contributed by atoms with Gasteiger partial charge in [-0.15, -0.1) is 0 Å². The minimum atomic E-state index is -1.21. The van der Waals surface area contributed by atoms with Crippen molar-refractivity contribution in [2.24, 2.45) is 0 Å². The van der Waals surface area contributed by atoms with E-state index in [1.807, 2.05) is 19.9 Å². The Labute approximate surface area is 222 Å². The van der Waals surface area contributed by atoms with Gasteiger partial charge in [-0.1, -0.05) is 23.7 Å². The fourth-order valence-electron chi connectivity index (χ4n) is 4.30. The summed E-state index contributed by atoms with van der Waals surface area (Å²) in [5, 5.41) is 16.6. The number of aliphatic carboxylic acids is 1. The van der Waals surface area contributed by atoms with Crippen molar-refractivity contribution in [2.75, 3.05) is 0 Å². The van der Waals surface area contributed by atoms with Crippen LogP contribution in [0.5, 0.6) is 0 Å². The Hall–Kier alpha value is -4.11. The normalized spacial score (nSPS) is 12.9. The van der Waals surface area contributed by atoms with Crippen molar-refractivity contribution in [3.05, 3.63) is 79.9 Å². The Morgan fingerprint density at radius 2 is 1.58 bits per heavy atom. The summed E-state index contributed by atoms with van der Waals surface area (Å²) in [4.78, 5) is 49.8. The number of carboxylic acid groups (broad SMARTS) is 1. The van der Waals surface area contributed by atoms with E-state index >= 15 is 0 Å². The van der Waals surface area contributed by atoms with Gasteiger partial charge in [-0.3, -0.25) is 9.59 Å². The van der Waals surface area contributed by atoms with Crippen LogP contribution in [0.15, 0.2) is 50.0 Å². The summed E-state index contributed by atoms with van der Waals surface area (Å²) in [6, 6.07) is 7.90. The predicted octanol–water partition coefficient (Wildman–Crippen LogP) is 3.98. The summed E-state index contributed by atoms with van der Waals surface area (Å²) >= 11 is 5.87. The number of furan rings is 1. The molecule has 0 aliphatic rings. The smallest absolute Gasteiger partial charge is 0.340 e. The van der Waals surface area contributed by atoms with Crippen LogP contribution in [0.25, 0.3) is 21.9 Å². The fraction of sp³-hybridized carbons (Fsp3) is 0.286. The molecular weight excluding hydrogens is 512 g/mol. The van der Waals surface area contributed by atoms with E-state index in [4.69, 9.17) is 20.4 Å². The molecule has 2 amide bonds. The van der Waals surface area contributed by atoms with Gasteiger partial charge in [-0.25, -0.2) is 9.59 Å². The van der Waals surface area contributed by atoms with Gasteiger partial charge in [-0.05, 0) is 62.6 Å². The molecule has 4 aromatic rings. The van der Waals surface area contributed by atoms with E-state index in [2.05, 4.69) is 10.6 Å². The largest absolute Gasteiger partial charge is 0.480 e. The lowest BCUT2D eigenvalue weighted by Gasteiger charge is -2.19. The summed E-state index contributed by atoms with van der Waals surface area (Å²) in [7, 11) is 0. The lowest BCUT2D eigenvalue weighted by Crippen LogP contribution is -2.51. The number of rotatable bonds is 8. The van der Waals surface area contributed by atoms with E-state index in [0.717, 1.165) is 16.7 Å². The molecule has 10 heteroatoms. The summed E-state index contributed by atoms with van der Waals surface area (Å²) in [5.41, 5.74) is 2.72. The number of carbonyl (C=O) groups is 3. The molecule has 2 aromatic carbocycles. The van der Waals surface area contributed by atoms with Gasteiger partial charge >= 0.3 is 11.6 Å². The first-order valence-electron chi connectivity index (χ1n) is 12.0. The molecule has 3 N–H and O–H groups in total. The maximum Gasteiger partial charge on any atom is 0.340 e. The number of amides is 2. The van der Waals surface area contributed by atoms with E-state index in [0.29, 0.717) is 32.7 Å². The number of aryl methyl sites for hydroxylation is 3. The highest BCUT2D eigenvalue weighted by Crippen LogP contribution is 2.31. The zero-order chi connectivity index (χ0) is 27.7. The van der Waals surface area contributed by atoms with Gasteiger partial charge in [0.1, 0.15) is 29.0 Å². The highest BCUT2D eigenvalue weighted by atomic mass is 35.5. The molecule has 9 nitrogen and oxygen atoms in total. The minimum Gasteiger partial charge on any atom is -0.480 e. The lowest BCUT2D eigenvalue weighted by molar-refractivity contribution is -0.142. The van der Waals surface area contributed by atoms with Crippen molar-refractivity contribution in [1.29, 1.82) is 0 Å². The Morgan fingerprint density at radius 3 is 2.24 bits per heavy atom. The molecule has 0 saturated heterocycles. The number of fused-ring (bicyclic) bond motifs is 2. The van der Waals surface area contributed by atoms with E-state index in [-0.39, 0.29) is 18.4 Å². The summed E-state index contributed by atoms with van der Waals surface area (Å²) in [6.45, 7) is 6.96. The Balaban J connectivity index is 1.47. The van der Waals surface area contributed by atoms with E-state index in [9.17, 15) is 24.3 Å². The van der Waals surface area contributed by atoms with Crippen LogP contribution in [-0.4, -0.2) is 35.0 Å². The first-order valence-corrected chi connectivity index (χ1v) is 12.4. The highest BCUT2D eigenvalue weighted by molar-refractivity contribution is 6.30. The van der Waals surface area contributed by atoms with E-state index < -0.39 is 35.5 Å². The van der Waals surface area contributed by atoms with Gasteiger partial charge in [0, 0.05) is 28.3 Å². The van der Waals surface area contributed by atoms with Crippen LogP contribution in [0.4, 0.5) is 0 Å². The molecule has 0 radical (unpaired) electrons. The number of hydrogen-bond donors (Lipinski definition) is 3. The maximum atomic E-state index is 12.8. The Morgan fingerprint density at radius 1 is 0.947 bits per heavy atom. The van der Waals surface area contributed by atoms with Crippen LogP contribution in [0.3, 0.4) is 0 Å². The van der Waals surface area contributed by atoms with Gasteiger partial charge in [0.25, 0.3) is 0 Å². The standard InChI is InChI=1S/C28H27ClN2O7/c1-13-16(4)37-23-12-24-20(10-19(13)23)14(2)21(28(36)38-24)11-25(32)30-15(3)26(33)31-22(27(34)35)9-17-5-7-18(29)8-6-17/h5-8,10,12,15,22H,9,11H2,1-4H3,(H,30,32)(H,31,33)(H,34,35)/t15-,22-/m0/s1. The molecule has 0 spiro atoms. The first-order chi connectivity index (χ1) is 17.9. The monoisotopic (exact) mass is 538 g/mol. The Kier molecular flexibility index (Phi) is 7.59. The minimum absolute atomic E-state index is 0.0408. The maximum absolute atomic E-state index is 12.8. The number of carbonyl (C=O) groups excluding carboxylic acids is 2. The average molecular weight is 539 g/mol. The number of carboxylic acids is 1. The van der Waals surface area contributed by atoms with Crippen LogP contribution in [-0.2, 0) is 27.2 Å². The molecular formula is C28H27ClN2O7. The second kappa shape index (κ2) is 10.7.